The standard InChI is InChI=1S/C10H15N3O3/c1-7-11-9(12-16-7)6-13-4-2-3-8(5-13)10(14)15/h8H,2-6H2,1H3,(H,14,15)/t8-/m0/s1. The fraction of sp³-hybridized carbons (Fsp3) is 0.700. The molecule has 1 saturated heterocycles. The number of rotatable bonds is 3. The van der Waals surface area contributed by atoms with Gasteiger partial charge in [-0.15, -0.1) is 0 Å². The maximum Gasteiger partial charge on any atom is 0.307 e. The summed E-state index contributed by atoms with van der Waals surface area (Å²) in [5.41, 5.74) is 0. The molecule has 6 heteroatoms. The van der Waals surface area contributed by atoms with E-state index in [0.29, 0.717) is 24.8 Å². The fourth-order valence-corrected chi connectivity index (χ4v) is 2.01. The first-order valence-corrected chi connectivity index (χ1v) is 5.39. The number of hydrogen-bond donors (Lipinski definition) is 1. The first-order valence-electron chi connectivity index (χ1n) is 5.39. The van der Waals surface area contributed by atoms with Gasteiger partial charge in [0.25, 0.3) is 0 Å². The van der Waals surface area contributed by atoms with Gasteiger partial charge in [-0.3, -0.25) is 9.69 Å². The van der Waals surface area contributed by atoms with E-state index in [-0.39, 0.29) is 5.92 Å². The highest BCUT2D eigenvalue weighted by molar-refractivity contribution is 5.70. The van der Waals surface area contributed by atoms with Crippen LogP contribution in [0.3, 0.4) is 0 Å². The van der Waals surface area contributed by atoms with E-state index in [2.05, 4.69) is 15.0 Å². The number of carboxylic acid groups (broad SMARTS) is 1. The summed E-state index contributed by atoms with van der Waals surface area (Å²) in [5, 5.41) is 12.8. The van der Waals surface area contributed by atoms with Gasteiger partial charge in [0.2, 0.25) is 5.89 Å². The Morgan fingerprint density at radius 3 is 3.12 bits per heavy atom. The molecule has 1 aromatic rings. The molecule has 1 aromatic heterocycles. The molecule has 1 aliphatic rings. The molecule has 0 unspecified atom stereocenters. The van der Waals surface area contributed by atoms with E-state index >= 15 is 0 Å². The summed E-state index contributed by atoms with van der Waals surface area (Å²) in [7, 11) is 0. The molecular weight excluding hydrogens is 210 g/mol. The predicted octanol–water partition coefficient (Wildman–Crippen LogP) is 0.675. The monoisotopic (exact) mass is 225 g/mol. The van der Waals surface area contributed by atoms with Gasteiger partial charge in [0.15, 0.2) is 5.82 Å². The summed E-state index contributed by atoms with van der Waals surface area (Å²) in [6.45, 7) is 3.79. The predicted molar refractivity (Wildman–Crippen MR) is 54.7 cm³/mol. The van der Waals surface area contributed by atoms with Crippen molar-refractivity contribution in [2.24, 2.45) is 5.92 Å². The van der Waals surface area contributed by atoms with Crippen LogP contribution in [0.15, 0.2) is 4.52 Å². The van der Waals surface area contributed by atoms with Crippen molar-refractivity contribution in [3.05, 3.63) is 11.7 Å². The van der Waals surface area contributed by atoms with Crippen LogP contribution in [0.25, 0.3) is 0 Å². The molecule has 1 aliphatic heterocycles. The normalized spacial score (nSPS) is 22.2. The average Bonchev–Trinajstić information content (AvgIpc) is 2.64. The van der Waals surface area contributed by atoms with Crippen LogP contribution in [0, 0.1) is 12.8 Å². The van der Waals surface area contributed by atoms with Gasteiger partial charge >= 0.3 is 5.97 Å². The summed E-state index contributed by atoms with van der Waals surface area (Å²) in [5.74, 6) is 0.195. The van der Waals surface area contributed by atoms with Crippen molar-refractivity contribution in [3.63, 3.8) is 0 Å². The maximum atomic E-state index is 10.9. The van der Waals surface area contributed by atoms with Crippen molar-refractivity contribution in [3.8, 4) is 0 Å². The number of aromatic nitrogens is 2. The van der Waals surface area contributed by atoms with Gasteiger partial charge in [0.1, 0.15) is 0 Å². The van der Waals surface area contributed by atoms with Gasteiger partial charge in [-0.2, -0.15) is 4.98 Å². The Balaban J connectivity index is 1.92. The first-order chi connectivity index (χ1) is 7.65. The molecule has 0 bridgehead atoms. The number of carbonyl (C=O) groups is 1. The van der Waals surface area contributed by atoms with E-state index in [9.17, 15) is 4.79 Å². The molecule has 2 rings (SSSR count). The molecular formula is C10H15N3O3. The lowest BCUT2D eigenvalue weighted by atomic mass is 9.98. The number of nitrogens with zero attached hydrogens (tertiary/aromatic N) is 3. The van der Waals surface area contributed by atoms with Crippen molar-refractivity contribution in [1.29, 1.82) is 0 Å². The van der Waals surface area contributed by atoms with Crippen LogP contribution in [0.2, 0.25) is 0 Å². The Morgan fingerprint density at radius 2 is 2.50 bits per heavy atom. The van der Waals surface area contributed by atoms with Gasteiger partial charge in [0, 0.05) is 13.5 Å². The molecule has 1 fully saturated rings. The van der Waals surface area contributed by atoms with E-state index in [4.69, 9.17) is 9.63 Å². The highest BCUT2D eigenvalue weighted by Gasteiger charge is 2.25. The molecule has 0 aromatic carbocycles. The third kappa shape index (κ3) is 2.57. The molecule has 0 radical (unpaired) electrons. The molecule has 6 nitrogen and oxygen atoms in total. The third-order valence-corrected chi connectivity index (χ3v) is 2.79. The second-order valence-electron chi connectivity index (χ2n) is 4.14. The number of likely N-dealkylation sites (tertiary alicyclic amines) is 1. The van der Waals surface area contributed by atoms with Gasteiger partial charge in [-0.25, -0.2) is 0 Å². The van der Waals surface area contributed by atoms with Crippen LogP contribution in [0.5, 0.6) is 0 Å². The zero-order chi connectivity index (χ0) is 11.5. The van der Waals surface area contributed by atoms with E-state index in [1.165, 1.54) is 0 Å². The van der Waals surface area contributed by atoms with Crippen LogP contribution >= 0.6 is 0 Å². The summed E-state index contributed by atoms with van der Waals surface area (Å²) in [6, 6.07) is 0. The van der Waals surface area contributed by atoms with Gasteiger partial charge < -0.3 is 9.63 Å². The lowest BCUT2D eigenvalue weighted by molar-refractivity contribution is -0.143. The summed E-state index contributed by atoms with van der Waals surface area (Å²) < 4.78 is 4.88. The lowest BCUT2D eigenvalue weighted by Crippen LogP contribution is -2.38. The molecule has 0 spiro atoms. The van der Waals surface area contributed by atoms with Crippen LogP contribution in [-0.2, 0) is 11.3 Å². The number of carboxylic acids is 1. The highest BCUT2D eigenvalue weighted by Crippen LogP contribution is 2.17. The van der Waals surface area contributed by atoms with E-state index in [1.807, 2.05) is 0 Å². The quantitative estimate of drug-likeness (QED) is 0.814. The second-order valence-corrected chi connectivity index (χ2v) is 4.14. The van der Waals surface area contributed by atoms with Crippen molar-refractivity contribution < 1.29 is 14.4 Å². The topological polar surface area (TPSA) is 79.5 Å². The Morgan fingerprint density at radius 1 is 1.69 bits per heavy atom. The Hall–Kier alpha value is -1.43. The van der Waals surface area contributed by atoms with Crippen LogP contribution in [-0.4, -0.2) is 39.2 Å². The molecule has 0 saturated carbocycles. The molecule has 88 valence electrons. The molecule has 1 N–H and O–H groups in total. The Labute approximate surface area is 93.2 Å². The molecule has 0 amide bonds. The van der Waals surface area contributed by atoms with Crippen molar-refractivity contribution in [2.45, 2.75) is 26.3 Å². The first kappa shape index (κ1) is 11.1. The molecule has 16 heavy (non-hydrogen) atoms. The minimum Gasteiger partial charge on any atom is -0.481 e. The second kappa shape index (κ2) is 4.61. The van der Waals surface area contributed by atoms with Crippen molar-refractivity contribution in [1.82, 2.24) is 15.0 Å². The van der Waals surface area contributed by atoms with E-state index in [0.717, 1.165) is 19.4 Å². The van der Waals surface area contributed by atoms with Gasteiger partial charge in [0.05, 0.1) is 12.5 Å². The zero-order valence-corrected chi connectivity index (χ0v) is 9.22. The summed E-state index contributed by atoms with van der Waals surface area (Å²) in [6.07, 6.45) is 1.67. The number of aryl methyl sites for hydroxylation is 1. The van der Waals surface area contributed by atoms with E-state index < -0.39 is 5.97 Å². The SMILES string of the molecule is Cc1nc(CN2CCC[C@H](C(=O)O)C2)no1. The van der Waals surface area contributed by atoms with Crippen LogP contribution in [0.1, 0.15) is 24.6 Å². The third-order valence-electron chi connectivity index (χ3n) is 2.79. The fourth-order valence-electron chi connectivity index (χ4n) is 2.01. The lowest BCUT2D eigenvalue weighted by Gasteiger charge is -2.29. The zero-order valence-electron chi connectivity index (χ0n) is 9.22. The minimum atomic E-state index is -0.714. The average molecular weight is 225 g/mol. The van der Waals surface area contributed by atoms with Crippen molar-refractivity contribution in [2.75, 3.05) is 13.1 Å². The minimum absolute atomic E-state index is 0.262. The number of hydrogen-bond acceptors (Lipinski definition) is 5. The number of piperidine rings is 1. The maximum absolute atomic E-state index is 10.9. The Kier molecular flexibility index (Phi) is 3.19. The van der Waals surface area contributed by atoms with Gasteiger partial charge in [-0.05, 0) is 19.4 Å². The molecule has 0 aliphatic carbocycles. The highest BCUT2D eigenvalue weighted by atomic mass is 16.5. The Bertz CT molecular complexity index is 377. The van der Waals surface area contributed by atoms with Crippen molar-refractivity contribution >= 4 is 5.97 Å². The van der Waals surface area contributed by atoms with Crippen LogP contribution < -0.4 is 0 Å². The number of aliphatic carboxylic acids is 1. The molecule has 1 atom stereocenters. The summed E-state index contributed by atoms with van der Waals surface area (Å²) in [4.78, 5) is 17.0. The summed E-state index contributed by atoms with van der Waals surface area (Å²) >= 11 is 0. The smallest absolute Gasteiger partial charge is 0.307 e. The van der Waals surface area contributed by atoms with Gasteiger partial charge in [-0.1, -0.05) is 5.16 Å². The largest absolute Gasteiger partial charge is 0.481 e. The van der Waals surface area contributed by atoms with E-state index in [1.54, 1.807) is 6.92 Å². The molecule has 2 heterocycles. The van der Waals surface area contributed by atoms with Crippen LogP contribution in [0.4, 0.5) is 0 Å².